The van der Waals surface area contributed by atoms with Crippen molar-refractivity contribution in [1.29, 1.82) is 0 Å². The van der Waals surface area contributed by atoms with Gasteiger partial charge in [-0.05, 0) is 16.7 Å². The lowest BCUT2D eigenvalue weighted by molar-refractivity contribution is -0.234. The molecule has 1 unspecified atom stereocenters. The molecule has 0 amide bonds. The normalized spacial score (nSPS) is 21.1. The van der Waals surface area contributed by atoms with Gasteiger partial charge in [-0.3, -0.25) is 0 Å². The molecule has 3 aromatic carbocycles. The fourth-order valence-corrected chi connectivity index (χ4v) is 4.82. The highest BCUT2D eigenvalue weighted by Gasteiger charge is 2.44. The van der Waals surface area contributed by atoms with Crippen LogP contribution in [-0.4, -0.2) is 50.7 Å². The van der Waals surface area contributed by atoms with Crippen LogP contribution in [0.5, 0.6) is 0 Å². The summed E-state index contributed by atoms with van der Waals surface area (Å²) in [4.78, 5) is 19.5. The molecule has 2 aromatic heterocycles. The van der Waals surface area contributed by atoms with Crippen molar-refractivity contribution in [2.45, 2.75) is 44.1 Å². The van der Waals surface area contributed by atoms with Gasteiger partial charge in [-0.15, -0.1) is 0 Å². The molecule has 39 heavy (non-hydrogen) atoms. The van der Waals surface area contributed by atoms with E-state index in [1.807, 2.05) is 66.7 Å². The van der Waals surface area contributed by atoms with E-state index in [2.05, 4.69) is 39.2 Å². The van der Waals surface area contributed by atoms with Crippen LogP contribution >= 0.6 is 0 Å². The van der Waals surface area contributed by atoms with Gasteiger partial charge in [0.05, 0.1) is 26.0 Å². The van der Waals surface area contributed by atoms with E-state index >= 15 is 0 Å². The summed E-state index contributed by atoms with van der Waals surface area (Å²) < 4.78 is 21.1. The smallest absolute Gasteiger partial charge is 0.199 e. The zero-order valence-electron chi connectivity index (χ0n) is 21.5. The Balaban J connectivity index is 1.31. The maximum Gasteiger partial charge on any atom is 0.199 e. The molecular weight excluding hydrogens is 492 g/mol. The zero-order valence-corrected chi connectivity index (χ0v) is 21.5. The van der Waals surface area contributed by atoms with Crippen molar-refractivity contribution >= 4 is 11.2 Å². The van der Waals surface area contributed by atoms with Crippen LogP contribution in [-0.2, 0) is 33.8 Å². The van der Waals surface area contributed by atoms with E-state index in [0.29, 0.717) is 37.4 Å². The molecule has 3 heterocycles. The highest BCUT2D eigenvalue weighted by Crippen LogP contribution is 2.27. The van der Waals surface area contributed by atoms with Crippen LogP contribution in [0.2, 0.25) is 0 Å². The van der Waals surface area contributed by atoms with Crippen LogP contribution in [0, 0.1) is 0 Å². The third-order valence-corrected chi connectivity index (χ3v) is 6.82. The molecule has 0 spiro atoms. The molecule has 5 aromatic rings. The van der Waals surface area contributed by atoms with Gasteiger partial charge in [0, 0.05) is 6.42 Å². The van der Waals surface area contributed by atoms with Crippen LogP contribution in [0.15, 0.2) is 110 Å². The minimum Gasteiger partial charge on any atom is -0.402 e. The predicted octanol–water partition coefficient (Wildman–Crippen LogP) is 4.44. The lowest BCUT2D eigenvalue weighted by Gasteiger charge is -2.42. The number of benzene rings is 3. The van der Waals surface area contributed by atoms with Crippen LogP contribution in [0.25, 0.3) is 11.2 Å². The van der Waals surface area contributed by atoms with Crippen LogP contribution in [0.4, 0.5) is 0 Å². The average molecular weight is 523 g/mol. The lowest BCUT2D eigenvalue weighted by Crippen LogP contribution is -2.59. The Bertz CT molecular complexity index is 1450. The van der Waals surface area contributed by atoms with Gasteiger partial charge in [0.1, 0.15) is 36.5 Å². The molecule has 0 bridgehead atoms. The van der Waals surface area contributed by atoms with E-state index in [4.69, 9.17) is 19.0 Å². The Labute approximate surface area is 227 Å². The molecule has 4 atom stereocenters. The van der Waals surface area contributed by atoms with Crippen molar-refractivity contribution in [3.63, 3.8) is 0 Å². The molecule has 8 nitrogen and oxygen atoms in total. The summed E-state index contributed by atoms with van der Waals surface area (Å²) >= 11 is 0. The second-order valence-corrected chi connectivity index (χ2v) is 9.53. The van der Waals surface area contributed by atoms with E-state index < -0.39 is 12.2 Å². The van der Waals surface area contributed by atoms with Crippen molar-refractivity contribution in [3.05, 3.63) is 127 Å². The molecule has 1 saturated heterocycles. The van der Waals surface area contributed by atoms with Crippen LogP contribution in [0.1, 0.15) is 16.7 Å². The highest BCUT2D eigenvalue weighted by molar-refractivity contribution is 5.68. The number of imidazole rings is 1. The summed E-state index contributed by atoms with van der Waals surface area (Å²) in [6, 6.07) is 30.5. The number of fused-ring (bicyclic) bond motifs is 1. The van der Waals surface area contributed by atoms with E-state index in [1.54, 1.807) is 17.3 Å². The Morgan fingerprint density at radius 1 is 0.744 bits per heavy atom. The van der Waals surface area contributed by atoms with Crippen LogP contribution in [0.3, 0.4) is 0 Å². The molecule has 1 aliphatic heterocycles. The minimum atomic E-state index is -0.504. The van der Waals surface area contributed by atoms with Gasteiger partial charge in [-0.1, -0.05) is 91.0 Å². The lowest BCUT2D eigenvalue weighted by atomic mass is 9.94. The molecule has 6 rings (SSSR count). The Hall–Kier alpha value is -4.11. The molecule has 1 aliphatic rings. The van der Waals surface area contributed by atoms with Crippen molar-refractivity contribution in [2.24, 2.45) is 0 Å². The number of hydrogen-bond donors (Lipinski definition) is 0. The largest absolute Gasteiger partial charge is 0.402 e. The summed E-state index contributed by atoms with van der Waals surface area (Å²) in [5.74, 6) is 0. The number of aromatic nitrogens is 4. The predicted molar refractivity (Wildman–Crippen MR) is 146 cm³/mol. The monoisotopic (exact) mass is 522 g/mol. The van der Waals surface area contributed by atoms with Crippen molar-refractivity contribution in [1.82, 2.24) is 19.7 Å². The van der Waals surface area contributed by atoms with Gasteiger partial charge in [0.25, 0.3) is 0 Å². The van der Waals surface area contributed by atoms with Crippen molar-refractivity contribution < 1.29 is 19.0 Å². The summed E-state index contributed by atoms with van der Waals surface area (Å²) in [7, 11) is 0. The molecule has 0 saturated carbocycles. The Kier molecular flexibility index (Phi) is 7.86. The third kappa shape index (κ3) is 6.15. The fourth-order valence-electron chi connectivity index (χ4n) is 4.82. The molecule has 0 N–H and O–H groups in total. The first kappa shape index (κ1) is 25.2. The first-order valence-electron chi connectivity index (χ1n) is 13.1. The maximum absolute atomic E-state index is 6.61. The molecule has 0 aliphatic carbocycles. The molecule has 198 valence electrons. The van der Waals surface area contributed by atoms with Gasteiger partial charge < -0.3 is 19.0 Å². The maximum atomic E-state index is 6.61. The topological polar surface area (TPSA) is 80.5 Å². The molecule has 0 radical (unpaired) electrons. The van der Waals surface area contributed by atoms with E-state index in [-0.39, 0.29) is 12.2 Å². The van der Waals surface area contributed by atoms with Crippen molar-refractivity contribution in [2.75, 3.05) is 6.61 Å². The highest BCUT2D eigenvalue weighted by atomic mass is 16.7. The quantitative estimate of drug-likeness (QED) is 0.268. The van der Waals surface area contributed by atoms with Gasteiger partial charge >= 0.3 is 0 Å². The molecule has 8 heteroatoms. The Morgan fingerprint density at radius 3 is 2.08 bits per heavy atom. The van der Waals surface area contributed by atoms with Crippen LogP contribution < -0.4 is 4.84 Å². The zero-order chi connectivity index (χ0) is 26.3. The van der Waals surface area contributed by atoms with Gasteiger partial charge in [-0.2, -0.15) is 4.73 Å². The average Bonchev–Trinajstić information content (AvgIpc) is 3.41. The Morgan fingerprint density at radius 2 is 1.38 bits per heavy atom. The molecule has 1 fully saturated rings. The summed E-state index contributed by atoms with van der Waals surface area (Å²) in [6.45, 7) is 1.25. The minimum absolute atomic E-state index is 0.288. The second kappa shape index (κ2) is 12.2. The first-order chi connectivity index (χ1) is 19.3. The van der Waals surface area contributed by atoms with E-state index in [1.165, 1.54) is 6.33 Å². The second-order valence-electron chi connectivity index (χ2n) is 9.53. The number of rotatable bonds is 10. The standard InChI is InChI=1S/C31H30N4O4/c1-4-10-23(11-5-1)16-27-30(39-35-22-34-26-17-32-21-33-31(26)35)29(38-19-25-14-8-3-9-15-25)28(20-37-27)36-18-24-12-6-2-7-13-24/h1-15,17,21-22,27-30H,16,18-20H2/t27?,28-,29-,30+/m0/s1. The fraction of sp³-hybridized carbons (Fsp3) is 0.258. The van der Waals surface area contributed by atoms with Crippen molar-refractivity contribution in [3.8, 4) is 0 Å². The van der Waals surface area contributed by atoms with Gasteiger partial charge in [-0.25, -0.2) is 15.0 Å². The first-order valence-corrected chi connectivity index (χ1v) is 13.1. The SMILES string of the molecule is c1ccc(CO[C@H]2[C@@H](OCc3ccccc3)COC(Cc3ccccc3)[C@H]2On2cnc3cncnc32)cc1. The number of hydrogen-bond acceptors (Lipinski definition) is 7. The number of ether oxygens (including phenoxy) is 3. The molecular formula is C31H30N4O4. The van der Waals surface area contributed by atoms with Gasteiger partial charge in [0.2, 0.25) is 0 Å². The van der Waals surface area contributed by atoms with E-state index in [0.717, 1.165) is 16.7 Å². The summed E-state index contributed by atoms with van der Waals surface area (Å²) in [5.41, 5.74) is 4.54. The van der Waals surface area contributed by atoms with Gasteiger partial charge in [0.15, 0.2) is 11.8 Å². The summed E-state index contributed by atoms with van der Waals surface area (Å²) in [6.07, 6.45) is 3.85. The summed E-state index contributed by atoms with van der Waals surface area (Å²) in [5, 5.41) is 0. The third-order valence-electron chi connectivity index (χ3n) is 6.82. The van der Waals surface area contributed by atoms with E-state index in [9.17, 15) is 0 Å². The number of nitrogens with zero attached hydrogens (tertiary/aromatic N) is 4.